The SMILES string of the molecule is CN(CCNCc1cc(Cl)cc(Cl)c1)C1=Nc2nc(Cl)ccc2C1.COC(=O)N(CCN(C)C1=Nc2nc(Cl)ccc2C1)Cc1cc(Cl)cc(Cl)c1. The van der Waals surface area contributed by atoms with Crippen LogP contribution in [0, 0.1) is 0 Å². The maximum absolute atomic E-state index is 12.2. The van der Waals surface area contributed by atoms with E-state index in [2.05, 4.69) is 30.2 Å². The first-order valence-corrected chi connectivity index (χ1v) is 18.5. The molecule has 274 valence electrons. The van der Waals surface area contributed by atoms with Gasteiger partial charge in [0.1, 0.15) is 22.0 Å². The van der Waals surface area contributed by atoms with Gasteiger partial charge in [-0.3, -0.25) is 0 Å². The lowest BCUT2D eigenvalue weighted by Gasteiger charge is -2.25. The van der Waals surface area contributed by atoms with Crippen molar-refractivity contribution in [3.05, 3.63) is 113 Å². The van der Waals surface area contributed by atoms with E-state index in [-0.39, 0.29) is 0 Å². The topological polar surface area (TPSA) is 98.5 Å². The summed E-state index contributed by atoms with van der Waals surface area (Å²) in [5, 5.41) is 6.64. The largest absolute Gasteiger partial charge is 0.453 e. The molecule has 0 unspecified atom stereocenters. The molecule has 0 spiro atoms. The molecular formula is C36H36Cl6N8O2. The van der Waals surface area contributed by atoms with Crippen molar-refractivity contribution in [2.75, 3.05) is 47.4 Å². The van der Waals surface area contributed by atoms with E-state index in [1.54, 1.807) is 41.3 Å². The number of amides is 1. The van der Waals surface area contributed by atoms with Crippen LogP contribution in [0.25, 0.3) is 0 Å². The smallest absolute Gasteiger partial charge is 0.409 e. The zero-order valence-corrected chi connectivity index (χ0v) is 33.2. The lowest BCUT2D eigenvalue weighted by Crippen LogP contribution is -2.39. The summed E-state index contributed by atoms with van der Waals surface area (Å²) >= 11 is 36.0. The Hall–Kier alpha value is -3.35. The van der Waals surface area contributed by atoms with Crippen molar-refractivity contribution in [3.8, 4) is 0 Å². The summed E-state index contributed by atoms with van der Waals surface area (Å²) < 4.78 is 4.91. The monoisotopic (exact) mass is 822 g/mol. The number of likely N-dealkylation sites (N-methyl/N-ethyl adjacent to an activating group) is 2. The molecule has 0 atom stereocenters. The molecule has 4 heterocycles. The summed E-state index contributed by atoms with van der Waals surface area (Å²) in [5.74, 6) is 3.26. The molecule has 0 fully saturated rings. The molecule has 2 aliphatic heterocycles. The number of aliphatic imine (C=N–C) groups is 2. The number of halogens is 6. The number of methoxy groups -OCH3 is 1. The van der Waals surface area contributed by atoms with Crippen LogP contribution < -0.4 is 5.32 Å². The first kappa shape index (κ1) is 39.8. The second kappa shape index (κ2) is 18.6. The van der Waals surface area contributed by atoms with Crippen molar-refractivity contribution in [1.29, 1.82) is 0 Å². The molecule has 2 aromatic carbocycles. The number of hydrogen-bond donors (Lipinski definition) is 1. The van der Waals surface area contributed by atoms with Crippen LogP contribution >= 0.6 is 69.6 Å². The number of nitrogens with one attached hydrogen (secondary N) is 1. The van der Waals surface area contributed by atoms with Crippen molar-refractivity contribution < 1.29 is 9.53 Å². The van der Waals surface area contributed by atoms with Gasteiger partial charge in [-0.2, -0.15) is 0 Å². The molecule has 0 aliphatic carbocycles. The molecular weight excluding hydrogens is 789 g/mol. The average Bonchev–Trinajstić information content (AvgIpc) is 3.71. The lowest BCUT2D eigenvalue weighted by molar-refractivity contribution is 0.119. The van der Waals surface area contributed by atoms with Gasteiger partial charge in [-0.15, -0.1) is 0 Å². The summed E-state index contributed by atoms with van der Waals surface area (Å²) in [4.78, 5) is 35.5. The Bertz CT molecular complexity index is 1940. The minimum Gasteiger partial charge on any atom is -0.453 e. The van der Waals surface area contributed by atoms with Gasteiger partial charge < -0.3 is 24.8 Å². The molecule has 0 radical (unpaired) electrons. The highest BCUT2D eigenvalue weighted by molar-refractivity contribution is 6.35. The number of amidine groups is 2. The van der Waals surface area contributed by atoms with Crippen LogP contribution in [0.2, 0.25) is 30.4 Å². The molecule has 0 saturated heterocycles. The molecule has 2 aromatic heterocycles. The fourth-order valence-corrected chi connectivity index (χ4v) is 6.92. The highest BCUT2D eigenvalue weighted by atomic mass is 35.5. The van der Waals surface area contributed by atoms with Crippen LogP contribution in [-0.4, -0.2) is 89.8 Å². The average molecular weight is 825 g/mol. The summed E-state index contributed by atoms with van der Waals surface area (Å²) in [6.45, 7) is 3.74. The van der Waals surface area contributed by atoms with Crippen LogP contribution in [0.4, 0.5) is 16.4 Å². The summed E-state index contributed by atoms with van der Waals surface area (Å²) in [5.41, 5.74) is 4.04. The fraction of sp³-hybridized carbons (Fsp3) is 0.306. The number of ether oxygens (including phenoxy) is 1. The van der Waals surface area contributed by atoms with Crippen LogP contribution in [0.1, 0.15) is 22.3 Å². The number of rotatable bonds is 10. The molecule has 10 nitrogen and oxygen atoms in total. The Balaban J connectivity index is 0.000000203. The molecule has 0 bridgehead atoms. The van der Waals surface area contributed by atoms with Gasteiger partial charge in [-0.05, 0) is 59.7 Å². The number of benzene rings is 2. The van der Waals surface area contributed by atoms with Crippen LogP contribution in [0.5, 0.6) is 0 Å². The van der Waals surface area contributed by atoms with E-state index in [0.717, 1.165) is 65.8 Å². The van der Waals surface area contributed by atoms with Gasteiger partial charge >= 0.3 is 6.09 Å². The Morgan fingerprint density at radius 3 is 1.67 bits per heavy atom. The van der Waals surface area contributed by atoms with Crippen molar-refractivity contribution >= 4 is 99.0 Å². The lowest BCUT2D eigenvalue weighted by atomic mass is 10.2. The Labute approximate surface area is 333 Å². The van der Waals surface area contributed by atoms with E-state index >= 15 is 0 Å². The summed E-state index contributed by atoms with van der Waals surface area (Å²) in [6.07, 6.45) is 1.05. The molecule has 0 saturated carbocycles. The zero-order chi connectivity index (χ0) is 37.4. The van der Waals surface area contributed by atoms with Crippen molar-refractivity contribution in [2.24, 2.45) is 9.98 Å². The number of aromatic nitrogens is 2. The summed E-state index contributed by atoms with van der Waals surface area (Å²) in [6, 6.07) is 18.2. The first-order chi connectivity index (χ1) is 24.9. The predicted molar refractivity (Wildman–Crippen MR) is 213 cm³/mol. The highest BCUT2D eigenvalue weighted by Gasteiger charge is 2.22. The number of carbonyl (C=O) groups excluding carboxylic acids is 1. The maximum atomic E-state index is 12.2. The van der Waals surface area contributed by atoms with E-state index in [1.807, 2.05) is 43.3 Å². The van der Waals surface area contributed by atoms with E-state index < -0.39 is 6.09 Å². The molecule has 2 aliphatic rings. The normalized spacial score (nSPS) is 12.6. The molecule has 1 N–H and O–H groups in total. The molecule has 52 heavy (non-hydrogen) atoms. The van der Waals surface area contributed by atoms with E-state index in [1.165, 1.54) is 7.11 Å². The zero-order valence-electron chi connectivity index (χ0n) is 28.6. The third-order valence-electron chi connectivity index (χ3n) is 8.20. The predicted octanol–water partition coefficient (Wildman–Crippen LogP) is 9.18. The highest BCUT2D eigenvalue weighted by Crippen LogP contribution is 2.28. The van der Waals surface area contributed by atoms with Gasteiger partial charge in [0.2, 0.25) is 0 Å². The quantitative estimate of drug-likeness (QED) is 0.126. The Morgan fingerprint density at radius 2 is 1.17 bits per heavy atom. The van der Waals surface area contributed by atoms with Gasteiger partial charge in [-0.1, -0.05) is 81.7 Å². The minimum atomic E-state index is -0.422. The van der Waals surface area contributed by atoms with E-state index in [0.29, 0.717) is 62.3 Å². The molecule has 16 heteroatoms. The number of hydrogen-bond acceptors (Lipinski definition) is 9. The van der Waals surface area contributed by atoms with Gasteiger partial charge in [0.15, 0.2) is 11.6 Å². The Kier molecular flexibility index (Phi) is 14.3. The Morgan fingerprint density at radius 1 is 0.692 bits per heavy atom. The van der Waals surface area contributed by atoms with Gasteiger partial charge in [0.25, 0.3) is 0 Å². The number of fused-ring (bicyclic) bond motifs is 2. The molecule has 4 aromatic rings. The number of pyridine rings is 2. The van der Waals surface area contributed by atoms with Crippen LogP contribution in [-0.2, 0) is 30.7 Å². The van der Waals surface area contributed by atoms with Crippen LogP contribution in [0.3, 0.4) is 0 Å². The van der Waals surface area contributed by atoms with Gasteiger partial charge in [-0.25, -0.2) is 24.7 Å². The maximum Gasteiger partial charge on any atom is 0.409 e. The van der Waals surface area contributed by atoms with E-state index in [4.69, 9.17) is 74.3 Å². The molecule has 6 rings (SSSR count). The number of carbonyl (C=O) groups is 1. The van der Waals surface area contributed by atoms with Crippen LogP contribution in [0.15, 0.2) is 70.6 Å². The fourth-order valence-electron chi connectivity index (χ4n) is 5.49. The van der Waals surface area contributed by atoms with E-state index in [9.17, 15) is 4.79 Å². The third-order valence-corrected chi connectivity index (χ3v) is 9.50. The minimum absolute atomic E-state index is 0.338. The standard InChI is InChI=1S/C19H19Cl3N4O2.C17H17Cl3N4/c1-25(17-9-13-3-4-16(22)23-18(13)24-17)5-6-26(19(27)28-2)11-12-7-14(20)10-15(21)8-12;1-24(16-8-12-2-3-15(20)22-17(12)23-16)5-4-21-10-11-6-13(18)9-14(19)7-11/h3-4,7-8,10H,5-6,9,11H2,1-2H3;2-3,6-7,9,21H,4-5,8,10H2,1H3. The van der Waals surface area contributed by atoms with Gasteiger partial charge in [0.05, 0.1) is 7.11 Å². The molecule has 1 amide bonds. The third kappa shape index (κ3) is 11.3. The second-order valence-electron chi connectivity index (χ2n) is 12.1. The van der Waals surface area contributed by atoms with Gasteiger partial charge in [0, 0.05) is 97.4 Å². The second-order valence-corrected chi connectivity index (χ2v) is 14.6. The summed E-state index contributed by atoms with van der Waals surface area (Å²) in [7, 11) is 5.32. The van der Waals surface area contributed by atoms with Crippen molar-refractivity contribution in [1.82, 2.24) is 30.0 Å². The van der Waals surface area contributed by atoms with Crippen molar-refractivity contribution in [2.45, 2.75) is 25.9 Å². The first-order valence-electron chi connectivity index (χ1n) is 16.2. The van der Waals surface area contributed by atoms with Crippen molar-refractivity contribution in [3.63, 3.8) is 0 Å². The number of nitrogens with zero attached hydrogens (tertiary/aromatic N) is 7.